The van der Waals surface area contributed by atoms with Crippen LogP contribution >= 0.6 is 11.6 Å². The molecule has 0 aromatic carbocycles. The Labute approximate surface area is 115 Å². The summed E-state index contributed by atoms with van der Waals surface area (Å²) in [7, 11) is 0. The van der Waals surface area contributed by atoms with Gasteiger partial charge >= 0.3 is 0 Å². The summed E-state index contributed by atoms with van der Waals surface area (Å²) in [6.45, 7) is 4.14. The van der Waals surface area contributed by atoms with E-state index >= 15 is 0 Å². The van der Waals surface area contributed by atoms with E-state index in [1.165, 1.54) is 0 Å². The number of anilines is 2. The van der Waals surface area contributed by atoms with Crippen molar-refractivity contribution in [3.63, 3.8) is 0 Å². The smallest absolute Gasteiger partial charge is 0.247 e. The Morgan fingerprint density at radius 3 is 2.84 bits per heavy atom. The fourth-order valence-electron chi connectivity index (χ4n) is 1.73. The molecular weight excluding hydrogens is 264 g/mol. The minimum absolute atomic E-state index is 0.323. The van der Waals surface area contributed by atoms with Crippen LogP contribution < -0.4 is 5.32 Å². The molecule has 0 saturated heterocycles. The molecule has 0 spiro atoms. The first kappa shape index (κ1) is 12.0. The summed E-state index contributed by atoms with van der Waals surface area (Å²) in [5, 5.41) is 12.3. The van der Waals surface area contributed by atoms with Gasteiger partial charge in [0.15, 0.2) is 5.65 Å². The number of fused-ring (bicyclic) bond motifs is 1. The number of halogens is 1. The van der Waals surface area contributed by atoms with Gasteiger partial charge in [-0.1, -0.05) is 11.6 Å². The van der Waals surface area contributed by atoms with Crippen LogP contribution in [0.3, 0.4) is 0 Å². The molecule has 0 radical (unpaired) electrons. The highest BCUT2D eigenvalue weighted by atomic mass is 35.5. The van der Waals surface area contributed by atoms with E-state index in [0.29, 0.717) is 17.0 Å². The van der Waals surface area contributed by atoms with Crippen molar-refractivity contribution < 1.29 is 0 Å². The van der Waals surface area contributed by atoms with Gasteiger partial charge in [0.05, 0.1) is 16.9 Å². The number of nitrogens with one attached hydrogen (secondary N) is 1. The molecular formula is C12H13ClN6. The van der Waals surface area contributed by atoms with E-state index in [0.717, 1.165) is 11.3 Å². The second kappa shape index (κ2) is 4.55. The van der Waals surface area contributed by atoms with Gasteiger partial charge in [0.2, 0.25) is 5.95 Å². The van der Waals surface area contributed by atoms with Crippen LogP contribution in [0.25, 0.3) is 5.65 Å². The standard InChI is InChI=1S/C12H13ClN6/c1-8(2)18-7-10(5-14-18)15-12-16-11-4-3-9(13)6-19(11)17-12/h3-8H,1-2H3,(H,15,17). The fraction of sp³-hybridized carbons (Fsp3) is 0.250. The Morgan fingerprint density at radius 1 is 1.26 bits per heavy atom. The van der Waals surface area contributed by atoms with Crippen LogP contribution in [0.2, 0.25) is 5.02 Å². The van der Waals surface area contributed by atoms with Crippen molar-refractivity contribution in [1.82, 2.24) is 24.4 Å². The number of hydrogen-bond donors (Lipinski definition) is 1. The molecule has 0 aliphatic rings. The van der Waals surface area contributed by atoms with Gasteiger partial charge in [0, 0.05) is 18.4 Å². The average molecular weight is 277 g/mol. The molecule has 0 amide bonds. The molecule has 3 heterocycles. The maximum Gasteiger partial charge on any atom is 0.247 e. The van der Waals surface area contributed by atoms with E-state index in [1.807, 2.05) is 16.9 Å². The van der Waals surface area contributed by atoms with Crippen LogP contribution in [0.15, 0.2) is 30.7 Å². The van der Waals surface area contributed by atoms with Gasteiger partial charge in [0.25, 0.3) is 0 Å². The van der Waals surface area contributed by atoms with Crippen LogP contribution in [-0.4, -0.2) is 24.4 Å². The van der Waals surface area contributed by atoms with Gasteiger partial charge in [-0.3, -0.25) is 4.68 Å². The first-order valence-corrected chi connectivity index (χ1v) is 6.33. The van der Waals surface area contributed by atoms with Gasteiger partial charge in [-0.25, -0.2) is 4.52 Å². The summed E-state index contributed by atoms with van der Waals surface area (Å²) >= 11 is 5.90. The summed E-state index contributed by atoms with van der Waals surface area (Å²) < 4.78 is 3.51. The van der Waals surface area contributed by atoms with Gasteiger partial charge in [0.1, 0.15) is 0 Å². The molecule has 0 atom stereocenters. The number of rotatable bonds is 3. The van der Waals surface area contributed by atoms with E-state index < -0.39 is 0 Å². The molecule has 0 saturated carbocycles. The monoisotopic (exact) mass is 276 g/mol. The molecule has 0 fully saturated rings. The lowest BCUT2D eigenvalue weighted by Gasteiger charge is -2.02. The van der Waals surface area contributed by atoms with Gasteiger partial charge < -0.3 is 5.32 Å². The lowest BCUT2D eigenvalue weighted by Crippen LogP contribution is -2.00. The summed E-state index contributed by atoms with van der Waals surface area (Å²) in [5.41, 5.74) is 1.60. The van der Waals surface area contributed by atoms with Crippen LogP contribution in [0, 0.1) is 0 Å². The molecule has 6 nitrogen and oxygen atoms in total. The Hall–Kier alpha value is -2.08. The Morgan fingerprint density at radius 2 is 2.11 bits per heavy atom. The summed E-state index contributed by atoms with van der Waals surface area (Å²) in [6.07, 6.45) is 5.38. The molecule has 0 aliphatic heterocycles. The Kier molecular flexibility index (Phi) is 2.87. The normalized spacial score (nSPS) is 11.4. The molecule has 19 heavy (non-hydrogen) atoms. The maximum absolute atomic E-state index is 5.90. The van der Waals surface area contributed by atoms with Crippen molar-refractivity contribution in [2.75, 3.05) is 5.32 Å². The molecule has 98 valence electrons. The quantitative estimate of drug-likeness (QED) is 0.799. The van der Waals surface area contributed by atoms with Gasteiger partial charge in [-0.2, -0.15) is 10.1 Å². The zero-order chi connectivity index (χ0) is 13.4. The Balaban J connectivity index is 1.87. The average Bonchev–Trinajstić information content (AvgIpc) is 2.95. The molecule has 3 rings (SSSR count). The van der Waals surface area contributed by atoms with Gasteiger partial charge in [-0.05, 0) is 26.0 Å². The SMILES string of the molecule is CC(C)n1cc(Nc2nc3ccc(Cl)cn3n2)cn1. The third kappa shape index (κ3) is 2.39. The van der Waals surface area contributed by atoms with Crippen LogP contribution in [0.1, 0.15) is 19.9 Å². The molecule has 3 aromatic rings. The van der Waals surface area contributed by atoms with E-state index in [1.54, 1.807) is 23.0 Å². The van der Waals surface area contributed by atoms with Gasteiger partial charge in [-0.15, -0.1) is 5.10 Å². The summed E-state index contributed by atoms with van der Waals surface area (Å²) in [6, 6.07) is 3.92. The molecule has 0 bridgehead atoms. The van der Waals surface area contributed by atoms with Crippen molar-refractivity contribution in [1.29, 1.82) is 0 Å². The maximum atomic E-state index is 5.90. The lowest BCUT2D eigenvalue weighted by atomic mass is 10.4. The lowest BCUT2D eigenvalue weighted by molar-refractivity contribution is 0.532. The Bertz CT molecular complexity index is 714. The number of aromatic nitrogens is 5. The minimum atomic E-state index is 0.323. The molecule has 1 N–H and O–H groups in total. The summed E-state index contributed by atoms with van der Waals surface area (Å²) in [4.78, 5) is 4.35. The number of hydrogen-bond acceptors (Lipinski definition) is 4. The minimum Gasteiger partial charge on any atom is -0.320 e. The fourth-order valence-corrected chi connectivity index (χ4v) is 1.88. The molecule has 0 aliphatic carbocycles. The second-order valence-electron chi connectivity index (χ2n) is 4.51. The summed E-state index contributed by atoms with van der Waals surface area (Å²) in [5.74, 6) is 0.519. The van der Waals surface area contributed by atoms with Crippen LogP contribution in [0.4, 0.5) is 11.6 Å². The molecule has 0 unspecified atom stereocenters. The molecule has 3 aromatic heterocycles. The van der Waals surface area contributed by atoms with E-state index in [2.05, 4.69) is 34.3 Å². The van der Waals surface area contributed by atoms with Crippen LogP contribution in [-0.2, 0) is 0 Å². The number of nitrogens with zero attached hydrogens (tertiary/aromatic N) is 5. The third-order valence-corrected chi connectivity index (χ3v) is 2.91. The topological polar surface area (TPSA) is 60.0 Å². The van der Waals surface area contributed by atoms with E-state index in [9.17, 15) is 0 Å². The van der Waals surface area contributed by atoms with E-state index in [-0.39, 0.29) is 0 Å². The number of pyridine rings is 1. The predicted molar refractivity (Wildman–Crippen MR) is 73.9 cm³/mol. The molecule has 7 heteroatoms. The van der Waals surface area contributed by atoms with Crippen molar-refractivity contribution in [3.05, 3.63) is 35.7 Å². The largest absolute Gasteiger partial charge is 0.320 e. The van der Waals surface area contributed by atoms with E-state index in [4.69, 9.17) is 11.6 Å². The first-order chi connectivity index (χ1) is 9.11. The predicted octanol–water partition coefficient (Wildman–Crippen LogP) is 2.90. The highest BCUT2D eigenvalue weighted by Gasteiger charge is 2.06. The highest BCUT2D eigenvalue weighted by molar-refractivity contribution is 6.30. The second-order valence-corrected chi connectivity index (χ2v) is 4.95. The highest BCUT2D eigenvalue weighted by Crippen LogP contribution is 2.16. The zero-order valence-corrected chi connectivity index (χ0v) is 11.3. The van der Waals surface area contributed by atoms with Crippen LogP contribution in [0.5, 0.6) is 0 Å². The first-order valence-electron chi connectivity index (χ1n) is 5.95. The van der Waals surface area contributed by atoms with Crippen molar-refractivity contribution in [2.24, 2.45) is 0 Å². The third-order valence-electron chi connectivity index (χ3n) is 2.68. The van der Waals surface area contributed by atoms with Crippen molar-refractivity contribution in [2.45, 2.75) is 19.9 Å². The van der Waals surface area contributed by atoms with Crippen molar-refractivity contribution >= 4 is 28.9 Å². The van der Waals surface area contributed by atoms with Crippen molar-refractivity contribution in [3.8, 4) is 0 Å². The zero-order valence-electron chi connectivity index (χ0n) is 10.6.